The Morgan fingerprint density at radius 1 is 0.941 bits per heavy atom. The second-order valence-corrected chi connectivity index (χ2v) is 8.04. The van der Waals surface area contributed by atoms with E-state index in [9.17, 15) is 13.6 Å². The van der Waals surface area contributed by atoms with Gasteiger partial charge in [0.1, 0.15) is 17.4 Å². The summed E-state index contributed by atoms with van der Waals surface area (Å²) in [5.41, 5.74) is 4.63. The Morgan fingerprint density at radius 2 is 1.79 bits per heavy atom. The van der Waals surface area contributed by atoms with Gasteiger partial charge in [-0.2, -0.15) is 0 Å². The molecule has 0 radical (unpaired) electrons. The zero-order chi connectivity index (χ0) is 23.5. The Kier molecular flexibility index (Phi) is 5.91. The van der Waals surface area contributed by atoms with Gasteiger partial charge in [-0.05, 0) is 59.0 Å². The summed E-state index contributed by atoms with van der Waals surface area (Å²) in [6, 6.07) is 21.1. The minimum absolute atomic E-state index is 0.00294. The molecule has 0 bridgehead atoms. The molecule has 2 aromatic heterocycles. The van der Waals surface area contributed by atoms with Crippen LogP contribution in [0, 0.1) is 11.6 Å². The van der Waals surface area contributed by atoms with Gasteiger partial charge in [-0.1, -0.05) is 41.6 Å². The monoisotopic (exact) mass is 457 g/mol. The van der Waals surface area contributed by atoms with Crippen LogP contribution in [0.4, 0.5) is 8.78 Å². The molecule has 5 rings (SSSR count). The van der Waals surface area contributed by atoms with Gasteiger partial charge in [0, 0.05) is 36.1 Å². The predicted molar refractivity (Wildman–Crippen MR) is 125 cm³/mol. The second kappa shape index (κ2) is 9.31. The van der Waals surface area contributed by atoms with Crippen LogP contribution in [-0.2, 0) is 12.8 Å². The number of halogens is 2. The van der Waals surface area contributed by atoms with E-state index in [0.29, 0.717) is 13.0 Å². The number of nitrogens with zero attached hydrogens (tertiary/aromatic N) is 1. The van der Waals surface area contributed by atoms with E-state index in [1.165, 1.54) is 6.07 Å². The Morgan fingerprint density at radius 3 is 2.65 bits per heavy atom. The van der Waals surface area contributed by atoms with E-state index in [1.54, 1.807) is 0 Å². The molecule has 0 aliphatic heterocycles. The SMILES string of the molecule is O=C(NCCc1c[nH]c2ccc(-c3ccccc3)cc12)c1cc(Cc2cc(F)ccc2F)on1. The summed E-state index contributed by atoms with van der Waals surface area (Å²) in [5.74, 6) is -1.20. The molecule has 7 heteroatoms. The van der Waals surface area contributed by atoms with Gasteiger partial charge in [-0.3, -0.25) is 4.79 Å². The Hall–Kier alpha value is -4.26. The smallest absolute Gasteiger partial charge is 0.273 e. The first-order valence-corrected chi connectivity index (χ1v) is 10.9. The molecule has 2 heterocycles. The number of rotatable bonds is 7. The number of fused-ring (bicyclic) bond motifs is 1. The molecule has 0 spiro atoms. The zero-order valence-electron chi connectivity index (χ0n) is 18.1. The molecule has 3 aromatic carbocycles. The Labute approximate surface area is 194 Å². The molecule has 34 heavy (non-hydrogen) atoms. The molecular weight excluding hydrogens is 436 g/mol. The van der Waals surface area contributed by atoms with Crippen molar-refractivity contribution in [3.05, 3.63) is 113 Å². The van der Waals surface area contributed by atoms with E-state index in [1.807, 2.05) is 24.4 Å². The van der Waals surface area contributed by atoms with Crippen molar-refractivity contribution in [3.8, 4) is 11.1 Å². The number of carbonyl (C=O) groups excluding carboxylic acids is 1. The minimum Gasteiger partial charge on any atom is -0.361 e. The average molecular weight is 457 g/mol. The van der Waals surface area contributed by atoms with Crippen LogP contribution < -0.4 is 5.32 Å². The Balaban J connectivity index is 1.22. The van der Waals surface area contributed by atoms with Crippen molar-refractivity contribution in [3.63, 3.8) is 0 Å². The standard InChI is InChI=1S/C27H21F2N3O2/c28-21-7-8-24(29)20(12-21)13-22-15-26(32-34-22)27(33)30-11-10-19-16-31-25-9-6-18(14-23(19)25)17-4-2-1-3-5-17/h1-9,12,14-16,31H,10-11,13H2,(H,30,33). The van der Waals surface area contributed by atoms with E-state index in [2.05, 4.69) is 45.8 Å². The maximum absolute atomic E-state index is 13.8. The topological polar surface area (TPSA) is 70.9 Å². The van der Waals surface area contributed by atoms with E-state index >= 15 is 0 Å². The third-order valence-corrected chi connectivity index (χ3v) is 5.72. The van der Waals surface area contributed by atoms with Crippen LogP contribution in [-0.4, -0.2) is 22.6 Å². The van der Waals surface area contributed by atoms with Crippen LogP contribution in [0.25, 0.3) is 22.0 Å². The summed E-state index contributed by atoms with van der Waals surface area (Å²) in [4.78, 5) is 15.8. The van der Waals surface area contributed by atoms with Gasteiger partial charge in [-0.25, -0.2) is 8.78 Å². The van der Waals surface area contributed by atoms with Crippen molar-refractivity contribution in [2.45, 2.75) is 12.8 Å². The molecular formula is C27H21F2N3O2. The third kappa shape index (κ3) is 4.59. The zero-order valence-corrected chi connectivity index (χ0v) is 18.1. The van der Waals surface area contributed by atoms with Crippen molar-refractivity contribution < 1.29 is 18.1 Å². The lowest BCUT2D eigenvalue weighted by atomic mass is 10.0. The normalized spacial score (nSPS) is 11.1. The van der Waals surface area contributed by atoms with Crippen molar-refractivity contribution in [2.75, 3.05) is 6.54 Å². The molecule has 5 nitrogen and oxygen atoms in total. The molecule has 2 N–H and O–H groups in total. The summed E-state index contributed by atoms with van der Waals surface area (Å²) < 4.78 is 32.4. The molecule has 0 unspecified atom stereocenters. The predicted octanol–water partition coefficient (Wildman–Crippen LogP) is 5.66. The van der Waals surface area contributed by atoms with E-state index < -0.39 is 11.6 Å². The van der Waals surface area contributed by atoms with Gasteiger partial charge in [-0.15, -0.1) is 0 Å². The van der Waals surface area contributed by atoms with Crippen LogP contribution in [0.2, 0.25) is 0 Å². The molecule has 0 fully saturated rings. The summed E-state index contributed by atoms with van der Waals surface area (Å²) in [7, 11) is 0. The summed E-state index contributed by atoms with van der Waals surface area (Å²) in [6.07, 6.45) is 2.58. The quantitative estimate of drug-likeness (QED) is 0.331. The van der Waals surface area contributed by atoms with E-state index in [4.69, 9.17) is 4.52 Å². The molecule has 0 saturated carbocycles. The molecule has 170 valence electrons. The molecule has 0 aliphatic rings. The lowest BCUT2D eigenvalue weighted by Gasteiger charge is -2.05. The van der Waals surface area contributed by atoms with Gasteiger partial charge >= 0.3 is 0 Å². The number of nitrogens with one attached hydrogen (secondary N) is 2. The van der Waals surface area contributed by atoms with Gasteiger partial charge < -0.3 is 14.8 Å². The largest absolute Gasteiger partial charge is 0.361 e. The fourth-order valence-electron chi connectivity index (χ4n) is 3.97. The van der Waals surface area contributed by atoms with Crippen molar-refractivity contribution in [2.24, 2.45) is 0 Å². The number of aromatic amines is 1. The molecule has 1 amide bonds. The van der Waals surface area contributed by atoms with Crippen LogP contribution in [0.3, 0.4) is 0 Å². The van der Waals surface area contributed by atoms with Crippen molar-refractivity contribution >= 4 is 16.8 Å². The summed E-state index contributed by atoms with van der Waals surface area (Å²) in [6.45, 7) is 0.405. The minimum atomic E-state index is -0.544. The summed E-state index contributed by atoms with van der Waals surface area (Å²) in [5, 5.41) is 7.71. The van der Waals surface area contributed by atoms with Crippen molar-refractivity contribution in [1.29, 1.82) is 0 Å². The highest BCUT2D eigenvalue weighted by Gasteiger charge is 2.15. The van der Waals surface area contributed by atoms with Crippen LogP contribution >= 0.6 is 0 Å². The summed E-state index contributed by atoms with van der Waals surface area (Å²) >= 11 is 0. The number of hydrogen-bond acceptors (Lipinski definition) is 3. The first-order valence-electron chi connectivity index (χ1n) is 10.9. The lowest BCUT2D eigenvalue weighted by Crippen LogP contribution is -2.25. The van der Waals surface area contributed by atoms with Gasteiger partial charge in [0.2, 0.25) is 0 Å². The van der Waals surface area contributed by atoms with Gasteiger partial charge in [0.15, 0.2) is 5.69 Å². The van der Waals surface area contributed by atoms with E-state index in [-0.39, 0.29) is 29.3 Å². The maximum atomic E-state index is 13.8. The fraction of sp³-hybridized carbons (Fsp3) is 0.111. The van der Waals surface area contributed by atoms with Crippen LogP contribution in [0.15, 0.2) is 83.5 Å². The van der Waals surface area contributed by atoms with Crippen LogP contribution in [0.5, 0.6) is 0 Å². The van der Waals surface area contributed by atoms with Gasteiger partial charge in [0.25, 0.3) is 5.91 Å². The van der Waals surface area contributed by atoms with E-state index in [0.717, 1.165) is 45.8 Å². The number of carbonyl (C=O) groups is 1. The Bertz CT molecular complexity index is 1460. The highest BCUT2D eigenvalue weighted by atomic mass is 19.1. The molecule has 0 aliphatic carbocycles. The highest BCUT2D eigenvalue weighted by molar-refractivity contribution is 5.92. The van der Waals surface area contributed by atoms with Gasteiger partial charge in [0.05, 0.1) is 0 Å². The number of hydrogen-bond donors (Lipinski definition) is 2. The second-order valence-electron chi connectivity index (χ2n) is 8.04. The lowest BCUT2D eigenvalue weighted by molar-refractivity contribution is 0.0945. The van der Waals surface area contributed by atoms with Crippen LogP contribution in [0.1, 0.15) is 27.4 Å². The number of aromatic nitrogens is 2. The average Bonchev–Trinajstić information content (AvgIpc) is 3.49. The fourth-order valence-corrected chi connectivity index (χ4v) is 3.97. The third-order valence-electron chi connectivity index (χ3n) is 5.72. The molecule has 0 saturated heterocycles. The van der Waals surface area contributed by atoms with Crippen molar-refractivity contribution in [1.82, 2.24) is 15.5 Å². The number of amides is 1. The first-order chi connectivity index (χ1) is 16.6. The number of benzene rings is 3. The molecule has 0 atom stereocenters. The maximum Gasteiger partial charge on any atom is 0.273 e. The first kappa shape index (κ1) is 21.6. The highest BCUT2D eigenvalue weighted by Crippen LogP contribution is 2.26. The molecule has 5 aromatic rings. The number of H-pyrrole nitrogens is 1.